The van der Waals surface area contributed by atoms with Gasteiger partial charge in [-0.3, -0.25) is 4.79 Å². The monoisotopic (exact) mass is 264 g/mol. The molecule has 1 aliphatic heterocycles. The molecule has 0 aliphatic carbocycles. The van der Waals surface area contributed by atoms with Gasteiger partial charge in [0, 0.05) is 24.4 Å². The molecule has 19 heavy (non-hydrogen) atoms. The Morgan fingerprint density at radius 1 is 1.63 bits per heavy atom. The van der Waals surface area contributed by atoms with Crippen LogP contribution in [0.25, 0.3) is 0 Å². The van der Waals surface area contributed by atoms with E-state index in [0.29, 0.717) is 11.7 Å². The number of likely N-dealkylation sites (N-methyl/N-ethyl adjacent to an activating group) is 2. The first-order chi connectivity index (χ1) is 9.11. The van der Waals surface area contributed by atoms with Gasteiger partial charge in [0.05, 0.1) is 0 Å². The summed E-state index contributed by atoms with van der Waals surface area (Å²) in [5.41, 5.74) is 0.943. The van der Waals surface area contributed by atoms with Gasteiger partial charge in [0.25, 0.3) is 0 Å². The van der Waals surface area contributed by atoms with E-state index in [1.807, 2.05) is 6.07 Å². The van der Waals surface area contributed by atoms with E-state index < -0.39 is 12.0 Å². The van der Waals surface area contributed by atoms with Gasteiger partial charge in [-0.1, -0.05) is 0 Å². The number of aromatic nitrogens is 2. The highest BCUT2D eigenvalue weighted by molar-refractivity contribution is 5.74. The Labute approximate surface area is 112 Å². The number of aliphatic carboxylic acids is 1. The number of carbonyl (C=O) groups is 1. The van der Waals surface area contributed by atoms with Crippen LogP contribution in [0.3, 0.4) is 0 Å². The minimum absolute atomic E-state index is 0.334. The molecule has 1 fully saturated rings. The van der Waals surface area contributed by atoms with Crippen molar-refractivity contribution < 1.29 is 9.90 Å². The fourth-order valence-electron chi connectivity index (χ4n) is 2.53. The maximum atomic E-state index is 11.1. The average molecular weight is 264 g/mol. The molecule has 1 aromatic rings. The summed E-state index contributed by atoms with van der Waals surface area (Å²) in [7, 11) is 3.70. The minimum Gasteiger partial charge on any atom is -0.480 e. The first-order valence-corrected chi connectivity index (χ1v) is 6.53. The van der Waals surface area contributed by atoms with E-state index in [1.54, 1.807) is 13.2 Å². The quantitative estimate of drug-likeness (QED) is 0.830. The molecule has 0 radical (unpaired) electrons. The zero-order chi connectivity index (χ0) is 13.8. The molecule has 1 saturated heterocycles. The first kappa shape index (κ1) is 13.9. The second kappa shape index (κ2) is 6.08. The van der Waals surface area contributed by atoms with Gasteiger partial charge in [0.1, 0.15) is 0 Å². The van der Waals surface area contributed by atoms with Crippen molar-refractivity contribution in [1.82, 2.24) is 20.2 Å². The summed E-state index contributed by atoms with van der Waals surface area (Å²) in [6.45, 7) is 2.08. The average Bonchev–Trinajstić information content (AvgIpc) is 2.39. The van der Waals surface area contributed by atoms with E-state index in [2.05, 4.69) is 27.2 Å². The highest BCUT2D eigenvalue weighted by Crippen LogP contribution is 2.25. The number of rotatable bonds is 4. The summed E-state index contributed by atoms with van der Waals surface area (Å²) in [4.78, 5) is 21.9. The van der Waals surface area contributed by atoms with Gasteiger partial charge >= 0.3 is 5.97 Å². The van der Waals surface area contributed by atoms with Crippen LogP contribution in [0.4, 0.5) is 0 Å². The Morgan fingerprint density at radius 3 is 3.05 bits per heavy atom. The Hall–Kier alpha value is -1.53. The molecule has 6 heteroatoms. The van der Waals surface area contributed by atoms with Crippen molar-refractivity contribution in [1.29, 1.82) is 0 Å². The number of likely N-dealkylation sites (tertiary alicyclic amines) is 1. The van der Waals surface area contributed by atoms with E-state index in [-0.39, 0.29) is 0 Å². The van der Waals surface area contributed by atoms with Crippen molar-refractivity contribution in [2.24, 2.45) is 0 Å². The van der Waals surface area contributed by atoms with Crippen LogP contribution in [0.15, 0.2) is 12.3 Å². The summed E-state index contributed by atoms with van der Waals surface area (Å²) in [6.07, 6.45) is 3.90. The van der Waals surface area contributed by atoms with Gasteiger partial charge in [-0.2, -0.15) is 0 Å². The van der Waals surface area contributed by atoms with Crippen LogP contribution in [0, 0.1) is 0 Å². The predicted octanol–water partition coefficient (Wildman–Crippen LogP) is 0.631. The van der Waals surface area contributed by atoms with Crippen LogP contribution < -0.4 is 5.32 Å². The van der Waals surface area contributed by atoms with Crippen molar-refractivity contribution in [3.8, 4) is 0 Å². The predicted molar refractivity (Wildman–Crippen MR) is 70.9 cm³/mol. The summed E-state index contributed by atoms with van der Waals surface area (Å²) < 4.78 is 0. The van der Waals surface area contributed by atoms with Crippen LogP contribution in [0.2, 0.25) is 0 Å². The lowest BCUT2D eigenvalue weighted by Gasteiger charge is -2.29. The van der Waals surface area contributed by atoms with E-state index in [0.717, 1.165) is 31.6 Å². The van der Waals surface area contributed by atoms with Gasteiger partial charge in [-0.05, 0) is 39.5 Å². The van der Waals surface area contributed by atoms with E-state index in [9.17, 15) is 4.79 Å². The smallest absolute Gasteiger partial charge is 0.328 e. The lowest BCUT2D eigenvalue weighted by atomic mass is 9.95. The molecule has 2 unspecified atom stereocenters. The molecular weight excluding hydrogens is 244 g/mol. The standard InChI is InChI=1S/C13H20N4O2/c1-14-11(13(18)19)12-15-6-5-10(16-12)9-4-3-7-17(2)8-9/h5-6,9,11,14H,3-4,7-8H2,1-2H3,(H,18,19). The lowest BCUT2D eigenvalue weighted by Crippen LogP contribution is -2.32. The second-order valence-corrected chi connectivity index (χ2v) is 5.00. The van der Waals surface area contributed by atoms with Crippen molar-refractivity contribution in [3.63, 3.8) is 0 Å². The Morgan fingerprint density at radius 2 is 2.42 bits per heavy atom. The SMILES string of the molecule is CNC(C(=O)O)c1nccc(C2CCCN(C)C2)n1. The van der Waals surface area contributed by atoms with Crippen molar-refractivity contribution >= 4 is 5.97 Å². The maximum Gasteiger partial charge on any atom is 0.328 e. The van der Waals surface area contributed by atoms with Crippen molar-refractivity contribution in [2.45, 2.75) is 24.8 Å². The summed E-state index contributed by atoms with van der Waals surface area (Å²) in [5, 5.41) is 11.8. The fourth-order valence-corrected chi connectivity index (χ4v) is 2.53. The molecule has 0 aromatic carbocycles. The van der Waals surface area contributed by atoms with Gasteiger partial charge in [0.2, 0.25) is 0 Å². The molecule has 0 bridgehead atoms. The van der Waals surface area contributed by atoms with Gasteiger partial charge in [-0.15, -0.1) is 0 Å². The molecule has 104 valence electrons. The summed E-state index contributed by atoms with van der Waals surface area (Å²) in [5.74, 6) is -0.257. The normalized spacial score (nSPS) is 22.1. The molecule has 1 aromatic heterocycles. The topological polar surface area (TPSA) is 78.3 Å². The Balaban J connectivity index is 2.21. The molecule has 0 saturated carbocycles. The number of hydrogen-bond donors (Lipinski definition) is 2. The number of hydrogen-bond acceptors (Lipinski definition) is 5. The molecule has 2 rings (SSSR count). The van der Waals surface area contributed by atoms with Crippen LogP contribution in [-0.4, -0.2) is 53.1 Å². The molecule has 6 nitrogen and oxygen atoms in total. The number of carboxylic acid groups (broad SMARTS) is 1. The third kappa shape index (κ3) is 3.27. The van der Waals surface area contributed by atoms with E-state index in [4.69, 9.17) is 5.11 Å². The number of nitrogens with one attached hydrogen (secondary N) is 1. The van der Waals surface area contributed by atoms with Crippen LogP contribution in [0.5, 0.6) is 0 Å². The highest BCUT2D eigenvalue weighted by atomic mass is 16.4. The van der Waals surface area contributed by atoms with E-state index >= 15 is 0 Å². The molecule has 2 atom stereocenters. The number of piperidine rings is 1. The van der Waals surface area contributed by atoms with Gasteiger partial charge < -0.3 is 15.3 Å². The lowest BCUT2D eigenvalue weighted by molar-refractivity contribution is -0.139. The third-order valence-electron chi connectivity index (χ3n) is 3.53. The highest BCUT2D eigenvalue weighted by Gasteiger charge is 2.24. The maximum absolute atomic E-state index is 11.1. The summed E-state index contributed by atoms with van der Waals surface area (Å²) >= 11 is 0. The Bertz CT molecular complexity index is 452. The van der Waals surface area contributed by atoms with Crippen LogP contribution in [-0.2, 0) is 4.79 Å². The molecule has 2 N–H and O–H groups in total. The fraction of sp³-hybridized carbons (Fsp3) is 0.615. The molecule has 1 aliphatic rings. The largest absolute Gasteiger partial charge is 0.480 e. The van der Waals surface area contributed by atoms with Gasteiger partial charge in [-0.25, -0.2) is 9.97 Å². The molecule has 0 spiro atoms. The van der Waals surface area contributed by atoms with E-state index in [1.165, 1.54) is 0 Å². The zero-order valence-corrected chi connectivity index (χ0v) is 11.3. The summed E-state index contributed by atoms with van der Waals surface area (Å²) in [6, 6.07) is 1.04. The van der Waals surface area contributed by atoms with Crippen molar-refractivity contribution in [2.75, 3.05) is 27.2 Å². The second-order valence-electron chi connectivity index (χ2n) is 5.00. The number of nitrogens with zero attached hydrogens (tertiary/aromatic N) is 3. The van der Waals surface area contributed by atoms with Crippen molar-refractivity contribution in [3.05, 3.63) is 23.8 Å². The molecule has 0 amide bonds. The first-order valence-electron chi connectivity index (χ1n) is 6.53. The Kier molecular flexibility index (Phi) is 4.44. The molecule has 2 heterocycles. The van der Waals surface area contributed by atoms with Crippen LogP contribution in [0.1, 0.15) is 36.3 Å². The number of carboxylic acids is 1. The van der Waals surface area contributed by atoms with Gasteiger partial charge in [0.15, 0.2) is 11.9 Å². The zero-order valence-electron chi connectivity index (χ0n) is 11.3. The third-order valence-corrected chi connectivity index (χ3v) is 3.53. The molecular formula is C13H20N4O2. The van der Waals surface area contributed by atoms with Crippen LogP contribution >= 0.6 is 0 Å². The minimum atomic E-state index is -0.958.